The van der Waals surface area contributed by atoms with Crippen molar-refractivity contribution < 1.29 is 7.24 Å². The van der Waals surface area contributed by atoms with Crippen molar-refractivity contribution >= 4 is 45.1 Å². The predicted molar refractivity (Wildman–Crippen MR) is 268 cm³/mol. The van der Waals surface area contributed by atoms with Crippen molar-refractivity contribution in [1.82, 2.24) is 15.0 Å². The van der Waals surface area contributed by atoms with E-state index in [1.54, 1.807) is 6.07 Å². The summed E-state index contributed by atoms with van der Waals surface area (Å²) in [4.78, 5) is 23.7. The van der Waals surface area contributed by atoms with Gasteiger partial charge in [-0.3, -0.25) is 24.9 Å². The van der Waals surface area contributed by atoms with E-state index in [0.29, 0.717) is 35.3 Å². The molecule has 0 amide bonds. The zero-order valence-electron chi connectivity index (χ0n) is 39.5. The number of hydrogen-bond acceptors (Lipinski definition) is 5. The summed E-state index contributed by atoms with van der Waals surface area (Å²) in [5.74, 6) is 2.44. The molecule has 3 aromatic heterocycles. The Kier molecular flexibility index (Phi) is 12.5. The molecule has 5 nitrogen and oxygen atoms in total. The summed E-state index contributed by atoms with van der Waals surface area (Å²) in [5, 5.41) is 0. The summed E-state index contributed by atoms with van der Waals surface area (Å²) in [6.45, 7) is 26.0. The van der Waals surface area contributed by atoms with Crippen LogP contribution in [0.1, 0.15) is 167 Å². The first-order chi connectivity index (χ1) is 30.2. The lowest BCUT2D eigenvalue weighted by atomic mass is 9.84. The van der Waals surface area contributed by atoms with Crippen molar-refractivity contribution in [3.8, 4) is 0 Å². The lowest BCUT2D eigenvalue weighted by molar-refractivity contribution is 0.601. The zero-order chi connectivity index (χ0) is 44.9. The smallest absolute Gasteiger partial charge is 0.149 e. The maximum Gasteiger partial charge on any atom is 0.149 e. The minimum atomic E-state index is -0.226. The van der Waals surface area contributed by atoms with E-state index in [2.05, 4.69) is 128 Å². The quantitative estimate of drug-likeness (QED) is 0.194. The number of nitrogens with zero attached hydrogens (tertiary/aromatic N) is 5. The van der Waals surface area contributed by atoms with E-state index in [1.165, 1.54) is 50.3 Å². The van der Waals surface area contributed by atoms with Gasteiger partial charge in [0.1, 0.15) is 11.5 Å². The van der Waals surface area contributed by atoms with Crippen LogP contribution in [0.5, 0.6) is 0 Å². The summed E-state index contributed by atoms with van der Waals surface area (Å²) in [6.07, 6.45) is 23.4. The highest BCUT2D eigenvalue weighted by molar-refractivity contribution is 5.99. The molecule has 0 bridgehead atoms. The van der Waals surface area contributed by atoms with Gasteiger partial charge in [0.15, 0.2) is 0 Å². The van der Waals surface area contributed by atoms with Crippen LogP contribution >= 0.6 is 0 Å². The fourth-order valence-corrected chi connectivity index (χ4v) is 10.7. The van der Waals surface area contributed by atoms with Gasteiger partial charge in [0.05, 0.1) is 29.0 Å². The maximum atomic E-state index is 15.1. The fraction of sp³-hybridized carbons (Fsp3) is 0.386. The third-order valence-corrected chi connectivity index (χ3v) is 13.6. The van der Waals surface area contributed by atoms with E-state index < -0.39 is 0 Å². The Morgan fingerprint density at radius 1 is 0.603 bits per heavy atom. The maximum absolute atomic E-state index is 15.1. The van der Waals surface area contributed by atoms with Crippen LogP contribution in [0.25, 0.3) is 22.3 Å². The molecule has 0 saturated heterocycles. The molecule has 6 heteroatoms. The third-order valence-electron chi connectivity index (χ3n) is 13.6. The molecular formula is C57H68FN5. The molecule has 4 aromatic rings. The lowest BCUT2D eigenvalue weighted by Gasteiger charge is -2.19. The van der Waals surface area contributed by atoms with Crippen LogP contribution in [0, 0.1) is 29.5 Å². The third kappa shape index (κ3) is 8.34. The van der Waals surface area contributed by atoms with Gasteiger partial charge in [0.2, 0.25) is 0 Å². The summed E-state index contributed by atoms with van der Waals surface area (Å²) in [5.41, 5.74) is 22.7. The van der Waals surface area contributed by atoms with Crippen LogP contribution in [-0.2, 0) is 12.8 Å². The topological polar surface area (TPSA) is 63.4 Å². The Bertz CT molecular complexity index is 2760. The molecule has 1 aromatic carbocycles. The summed E-state index contributed by atoms with van der Waals surface area (Å²) in [6, 6.07) is 10.6. The average molecular weight is 842 g/mol. The summed E-state index contributed by atoms with van der Waals surface area (Å²) >= 11 is 0. The number of aliphatic imine (C=N–C) groups is 2. The van der Waals surface area contributed by atoms with Crippen LogP contribution in [-0.4, -0.2) is 26.4 Å². The Balaban J connectivity index is 0.000000202. The highest BCUT2D eigenvalue weighted by atomic mass is 19.1. The molecule has 0 saturated carbocycles. The highest BCUT2D eigenvalue weighted by Crippen LogP contribution is 2.46. The molecule has 5 heterocycles. The first-order valence-electron chi connectivity index (χ1n) is 23.4. The van der Waals surface area contributed by atoms with Crippen molar-refractivity contribution in [2.45, 2.75) is 121 Å². The van der Waals surface area contributed by atoms with E-state index in [0.717, 1.165) is 82.0 Å². The monoisotopic (exact) mass is 842 g/mol. The van der Waals surface area contributed by atoms with Gasteiger partial charge in [0, 0.05) is 79.2 Å². The number of pyridine rings is 3. The SMILES string of the molecule is CC.CC1=Nc2c(F)cc(C3=CCc4ncc(C5=C(C)CC(C)C=C5)cc43)cc2C1C(C)C.CC1=Nc2cnc(C3=CCc4ncc(C5=C(C)CC(C)C=C5)cc43)cc2C1C(C)C.[HH].[HH]. The van der Waals surface area contributed by atoms with E-state index in [4.69, 9.17) is 19.9 Å². The van der Waals surface area contributed by atoms with Crippen molar-refractivity contribution in [2.24, 2.45) is 33.7 Å². The van der Waals surface area contributed by atoms with E-state index in [1.807, 2.05) is 39.4 Å². The fourth-order valence-electron chi connectivity index (χ4n) is 10.7. The molecule has 4 atom stereocenters. The molecule has 10 rings (SSSR count). The van der Waals surface area contributed by atoms with Crippen molar-refractivity contribution in [1.29, 1.82) is 0 Å². The van der Waals surface area contributed by atoms with Crippen LogP contribution in [0.3, 0.4) is 0 Å². The number of rotatable bonds is 6. The van der Waals surface area contributed by atoms with E-state index in [-0.39, 0.29) is 14.6 Å². The molecule has 4 aliphatic carbocycles. The van der Waals surface area contributed by atoms with Crippen LogP contribution in [0.2, 0.25) is 0 Å². The van der Waals surface area contributed by atoms with Gasteiger partial charge >= 0.3 is 0 Å². The van der Waals surface area contributed by atoms with Gasteiger partial charge in [-0.1, -0.05) is 103 Å². The van der Waals surface area contributed by atoms with Gasteiger partial charge in [-0.2, -0.15) is 0 Å². The zero-order valence-corrected chi connectivity index (χ0v) is 39.5. The minimum absolute atomic E-state index is 0. The minimum Gasteiger partial charge on any atom is -0.260 e. The Labute approximate surface area is 378 Å². The Morgan fingerprint density at radius 2 is 1.13 bits per heavy atom. The molecule has 0 radical (unpaired) electrons. The first-order valence-corrected chi connectivity index (χ1v) is 23.4. The summed E-state index contributed by atoms with van der Waals surface area (Å²) < 4.78 is 15.1. The number of fused-ring (bicyclic) bond motifs is 4. The second-order valence-corrected chi connectivity index (χ2v) is 19.0. The molecule has 0 fully saturated rings. The standard InChI is InChI=1S/C28H29FN2.C27H29N3.C2H6.2H2/c1-15(2)27-18(5)31-28-24(27)11-19(13-25(28)29)22-8-9-26-23(22)12-20(14-30-26)21-7-6-16(3)10-17(21)4;1-15(2)27-18(5)30-26-14-29-25(12-23(26)27)21-8-9-24-22(21)11-19(13-28-24)20-7-6-16(3)10-17(20)4;1-2;;/h6-8,11-16,27H,9-10H2,1-5H3;6-8,11-16,27H,9-10H2,1-5H3;1-2H3;2*1H. The number of hydrogen-bond donors (Lipinski definition) is 0. The van der Waals surface area contributed by atoms with Gasteiger partial charge < -0.3 is 0 Å². The second kappa shape index (κ2) is 17.9. The van der Waals surface area contributed by atoms with Crippen molar-refractivity contribution in [3.63, 3.8) is 0 Å². The van der Waals surface area contributed by atoms with Gasteiger partial charge in [-0.25, -0.2) is 4.39 Å². The predicted octanol–water partition coefficient (Wildman–Crippen LogP) is 15.6. The van der Waals surface area contributed by atoms with Crippen LogP contribution in [0.4, 0.5) is 15.8 Å². The van der Waals surface area contributed by atoms with Gasteiger partial charge in [-0.15, -0.1) is 0 Å². The molecule has 6 aliphatic rings. The van der Waals surface area contributed by atoms with E-state index in [9.17, 15) is 0 Å². The van der Waals surface area contributed by atoms with Crippen molar-refractivity contribution in [2.75, 3.05) is 0 Å². The van der Waals surface area contributed by atoms with Crippen molar-refractivity contribution in [3.05, 3.63) is 158 Å². The number of aromatic nitrogens is 3. The largest absolute Gasteiger partial charge is 0.260 e. The van der Waals surface area contributed by atoms with Crippen LogP contribution < -0.4 is 0 Å². The first kappa shape index (κ1) is 44.0. The van der Waals surface area contributed by atoms with Gasteiger partial charge in [-0.05, 0) is 128 Å². The molecule has 0 N–H and O–H groups in total. The molecule has 0 spiro atoms. The Hall–Kier alpha value is -5.62. The number of allylic oxidation sites excluding steroid dienone is 10. The molecule has 328 valence electrons. The molecular weight excluding hydrogens is 774 g/mol. The Morgan fingerprint density at radius 3 is 1.68 bits per heavy atom. The molecule has 63 heavy (non-hydrogen) atoms. The van der Waals surface area contributed by atoms with E-state index >= 15 is 4.39 Å². The summed E-state index contributed by atoms with van der Waals surface area (Å²) in [7, 11) is 0. The highest BCUT2D eigenvalue weighted by Gasteiger charge is 2.32. The lowest BCUT2D eigenvalue weighted by Crippen LogP contribution is -2.11. The average Bonchev–Trinajstić information content (AvgIpc) is 4.03. The molecule has 4 unspecified atom stereocenters. The molecule has 2 aliphatic heterocycles. The van der Waals surface area contributed by atoms with Crippen LogP contribution in [0.15, 0.2) is 107 Å². The van der Waals surface area contributed by atoms with Gasteiger partial charge in [0.25, 0.3) is 0 Å². The number of benzene rings is 1. The second-order valence-electron chi connectivity index (χ2n) is 19.0. The normalized spacial score (nSPS) is 21.6. The number of halogens is 1.